The number of hydrogen-bond donors (Lipinski definition) is 1. The molecule has 0 aliphatic heterocycles. The highest BCUT2D eigenvalue weighted by Gasteiger charge is 2.33. The minimum Gasteiger partial charge on any atom is -0.380 e. The van der Waals surface area contributed by atoms with Crippen molar-refractivity contribution < 1.29 is 21.6 Å². The smallest absolute Gasteiger partial charge is 0.380 e. The summed E-state index contributed by atoms with van der Waals surface area (Å²) in [4.78, 5) is 6.94. The second kappa shape index (κ2) is 8.28. The molecule has 0 fully saturated rings. The monoisotopic (exact) mass is 375 g/mol. The lowest BCUT2D eigenvalue weighted by molar-refractivity contribution is -0.0919. The second-order valence-electron chi connectivity index (χ2n) is 5.43. The van der Waals surface area contributed by atoms with Gasteiger partial charge in [-0.2, -0.15) is 13.2 Å². The fraction of sp³-hybridized carbons (Fsp3) is 0.375. The number of hydrogen-bond acceptors (Lipinski definition) is 4. The van der Waals surface area contributed by atoms with Crippen LogP contribution < -0.4 is 5.32 Å². The van der Waals surface area contributed by atoms with E-state index in [1.54, 1.807) is 6.07 Å². The van der Waals surface area contributed by atoms with Gasteiger partial charge in [-0.25, -0.2) is 18.4 Å². The lowest BCUT2D eigenvalue weighted by atomic mass is 10.2. The van der Waals surface area contributed by atoms with Crippen molar-refractivity contribution in [3.63, 3.8) is 0 Å². The quantitative estimate of drug-likeness (QED) is 0.606. The van der Waals surface area contributed by atoms with Crippen LogP contribution in [0.15, 0.2) is 50.9 Å². The second-order valence-corrected chi connectivity index (χ2v) is 7.90. The van der Waals surface area contributed by atoms with E-state index in [9.17, 15) is 21.6 Å². The molecule has 0 bridgehead atoms. The van der Waals surface area contributed by atoms with Gasteiger partial charge in [-0.05, 0) is 39.6 Å². The van der Waals surface area contributed by atoms with Crippen molar-refractivity contribution in [2.75, 3.05) is 11.9 Å². The maximum absolute atomic E-state index is 13.1. The van der Waals surface area contributed by atoms with Gasteiger partial charge in [0.15, 0.2) is 9.84 Å². The Morgan fingerprint density at radius 3 is 2.44 bits per heavy atom. The van der Waals surface area contributed by atoms with Crippen molar-refractivity contribution in [2.24, 2.45) is 9.98 Å². The molecule has 25 heavy (non-hydrogen) atoms. The predicted molar refractivity (Wildman–Crippen MR) is 94.0 cm³/mol. The maximum Gasteiger partial charge on any atom is 0.415 e. The summed E-state index contributed by atoms with van der Waals surface area (Å²) in [5.41, 5.74) is -0.860. The summed E-state index contributed by atoms with van der Waals surface area (Å²) in [5, 5.41) is 1.84. The molecule has 5 nitrogen and oxygen atoms in total. The highest BCUT2D eigenvalue weighted by atomic mass is 32.2. The van der Waals surface area contributed by atoms with Crippen molar-refractivity contribution in [3.05, 3.63) is 36.0 Å². The Morgan fingerprint density at radius 1 is 1.32 bits per heavy atom. The van der Waals surface area contributed by atoms with Gasteiger partial charge in [-0.15, -0.1) is 0 Å². The van der Waals surface area contributed by atoms with Gasteiger partial charge in [0.25, 0.3) is 0 Å². The van der Waals surface area contributed by atoms with E-state index >= 15 is 0 Å². The SMILES string of the molecule is C=N/C(C)=N\C=C(/CNc1ccccc1S(=O)(=O)C(C)C)C(F)(F)F. The van der Waals surface area contributed by atoms with Crippen molar-refractivity contribution in [3.8, 4) is 0 Å². The molecule has 0 spiro atoms. The van der Waals surface area contributed by atoms with Crippen LogP contribution in [0.1, 0.15) is 20.8 Å². The van der Waals surface area contributed by atoms with Gasteiger partial charge in [0, 0.05) is 12.7 Å². The molecule has 0 heterocycles. The standard InChI is InChI=1S/C16H20F3N3O2S/c1-11(2)25(23,24)15-8-6-5-7-14(15)22-10-13(16(17,18)19)9-21-12(3)20-4/h5-9,11,22H,4,10H2,1-3H3/b13-9+,21-12-. The highest BCUT2D eigenvalue weighted by molar-refractivity contribution is 7.92. The molecule has 0 saturated carbocycles. The molecule has 1 aromatic carbocycles. The van der Waals surface area contributed by atoms with Crippen molar-refractivity contribution >= 4 is 28.1 Å². The molecule has 0 radical (unpaired) electrons. The zero-order valence-corrected chi connectivity index (χ0v) is 14.9. The average Bonchev–Trinajstić information content (AvgIpc) is 2.53. The first-order valence-electron chi connectivity index (χ1n) is 7.34. The summed E-state index contributed by atoms with van der Waals surface area (Å²) in [6, 6.07) is 5.84. The zero-order chi connectivity index (χ0) is 19.3. The van der Waals surface area contributed by atoms with Gasteiger partial charge >= 0.3 is 6.18 Å². The van der Waals surface area contributed by atoms with Crippen molar-refractivity contribution in [1.29, 1.82) is 0 Å². The first-order valence-corrected chi connectivity index (χ1v) is 8.89. The molecule has 1 aromatic rings. The van der Waals surface area contributed by atoms with Crippen LogP contribution in [-0.4, -0.2) is 38.9 Å². The molecule has 0 amide bonds. The number of anilines is 1. The van der Waals surface area contributed by atoms with Gasteiger partial charge in [0.2, 0.25) is 0 Å². The van der Waals surface area contributed by atoms with E-state index < -0.39 is 33.4 Å². The van der Waals surface area contributed by atoms with Gasteiger partial charge in [-0.1, -0.05) is 12.1 Å². The average molecular weight is 375 g/mol. The van der Waals surface area contributed by atoms with Gasteiger partial charge < -0.3 is 5.32 Å². The number of halogens is 3. The van der Waals surface area contributed by atoms with E-state index in [1.807, 2.05) is 0 Å². The molecule has 0 aliphatic carbocycles. The van der Waals surface area contributed by atoms with E-state index in [1.165, 1.54) is 39.0 Å². The lowest BCUT2D eigenvalue weighted by Crippen LogP contribution is -2.21. The van der Waals surface area contributed by atoms with Crippen LogP contribution in [0.2, 0.25) is 0 Å². The van der Waals surface area contributed by atoms with E-state index in [-0.39, 0.29) is 16.4 Å². The third-order valence-corrected chi connectivity index (χ3v) is 5.49. The van der Waals surface area contributed by atoms with Gasteiger partial charge in [-0.3, -0.25) is 0 Å². The Labute approximate surface area is 145 Å². The summed E-state index contributed by atoms with van der Waals surface area (Å²) in [6.45, 7) is 6.96. The first kappa shape index (κ1) is 20.9. The number of sulfone groups is 1. The van der Waals surface area contributed by atoms with Crippen LogP contribution in [-0.2, 0) is 9.84 Å². The number of amidine groups is 1. The van der Waals surface area contributed by atoms with Crippen LogP contribution >= 0.6 is 0 Å². The van der Waals surface area contributed by atoms with E-state index in [4.69, 9.17) is 0 Å². The molecule has 0 atom stereocenters. The third kappa shape index (κ3) is 5.70. The Hall–Kier alpha value is -2.16. The number of nitrogens with one attached hydrogen (secondary N) is 1. The zero-order valence-electron chi connectivity index (χ0n) is 14.1. The molecule has 0 aliphatic rings. The number of alkyl halides is 3. The van der Waals surface area contributed by atoms with Crippen LogP contribution in [0.25, 0.3) is 0 Å². The fourth-order valence-electron chi connectivity index (χ4n) is 1.74. The largest absolute Gasteiger partial charge is 0.415 e. The van der Waals surface area contributed by atoms with Crippen LogP contribution in [0.4, 0.5) is 18.9 Å². The van der Waals surface area contributed by atoms with E-state index in [2.05, 4.69) is 22.0 Å². The molecule has 138 valence electrons. The first-order chi connectivity index (χ1) is 11.5. The molecule has 0 saturated heterocycles. The molecule has 1 rings (SSSR count). The molecule has 9 heteroatoms. The number of aliphatic imine (C=N–C) groups is 2. The minimum atomic E-state index is -4.62. The number of nitrogens with zero attached hydrogens (tertiary/aromatic N) is 2. The Bertz CT molecular complexity index is 782. The van der Waals surface area contributed by atoms with Crippen molar-refractivity contribution in [2.45, 2.75) is 37.1 Å². The highest BCUT2D eigenvalue weighted by Crippen LogP contribution is 2.28. The number of rotatable bonds is 6. The lowest BCUT2D eigenvalue weighted by Gasteiger charge is -2.16. The van der Waals surface area contributed by atoms with Crippen LogP contribution in [0.5, 0.6) is 0 Å². The van der Waals surface area contributed by atoms with Crippen LogP contribution in [0.3, 0.4) is 0 Å². The topological polar surface area (TPSA) is 70.9 Å². The van der Waals surface area contributed by atoms with Crippen molar-refractivity contribution in [1.82, 2.24) is 0 Å². The molecule has 1 N–H and O–H groups in total. The summed E-state index contributed by atoms with van der Waals surface area (Å²) >= 11 is 0. The van der Waals surface area contributed by atoms with Crippen LogP contribution in [0, 0.1) is 0 Å². The van der Waals surface area contributed by atoms with Gasteiger partial charge in [0.05, 0.1) is 21.4 Å². The van der Waals surface area contributed by atoms with E-state index in [0.29, 0.717) is 6.20 Å². The summed E-state index contributed by atoms with van der Waals surface area (Å²) in [5.74, 6) is 0.0875. The van der Waals surface area contributed by atoms with Gasteiger partial charge in [0.1, 0.15) is 5.84 Å². The molecule has 0 unspecified atom stereocenters. The molecular weight excluding hydrogens is 355 g/mol. The number of para-hydroxylation sites is 1. The molecule has 0 aromatic heterocycles. The number of benzene rings is 1. The molecular formula is C16H20F3N3O2S. The minimum absolute atomic E-state index is 0.0426. The normalized spacial score (nSPS) is 13.9. The van der Waals surface area contributed by atoms with E-state index in [0.717, 1.165) is 0 Å². The summed E-state index contributed by atoms with van der Waals surface area (Å²) in [6.07, 6.45) is -3.97. The summed E-state index contributed by atoms with van der Waals surface area (Å²) < 4.78 is 64.0. The third-order valence-electron chi connectivity index (χ3n) is 3.28. The summed E-state index contributed by atoms with van der Waals surface area (Å²) in [7, 11) is -3.63. The predicted octanol–water partition coefficient (Wildman–Crippen LogP) is 3.85. The Morgan fingerprint density at radius 2 is 1.92 bits per heavy atom. The Balaban J connectivity index is 3.16. The maximum atomic E-state index is 13.1. The Kier molecular flexibility index (Phi) is 6.92. The fourth-order valence-corrected chi connectivity index (χ4v) is 2.96.